The topological polar surface area (TPSA) is 73.1 Å². The van der Waals surface area contributed by atoms with Crippen molar-refractivity contribution in [3.05, 3.63) is 11.5 Å². The molecule has 16 heavy (non-hydrogen) atoms. The van der Waals surface area contributed by atoms with E-state index in [2.05, 4.69) is 22.2 Å². The van der Waals surface area contributed by atoms with E-state index >= 15 is 0 Å². The summed E-state index contributed by atoms with van der Waals surface area (Å²) in [4.78, 5) is 7.83. The normalized spacial score (nSPS) is 24.6. The number of aromatic nitrogens is 2. The fraction of sp³-hybridized carbons (Fsp3) is 0.600. The van der Waals surface area contributed by atoms with Crippen LogP contribution in [0.2, 0.25) is 5.28 Å². The molecule has 0 saturated carbocycles. The molecule has 1 aromatic heterocycles. The van der Waals surface area contributed by atoms with Gasteiger partial charge in [0.15, 0.2) is 5.82 Å². The molecule has 6 heteroatoms. The molecule has 0 amide bonds. The van der Waals surface area contributed by atoms with Crippen LogP contribution in [0.1, 0.15) is 13.3 Å². The summed E-state index contributed by atoms with van der Waals surface area (Å²) in [5, 5.41) is 3.39. The monoisotopic (exact) mass is 242 g/mol. The van der Waals surface area contributed by atoms with Gasteiger partial charge in [-0.1, -0.05) is 0 Å². The Morgan fingerprint density at radius 2 is 2.50 bits per heavy atom. The number of hydrogen-bond donors (Lipinski definition) is 2. The number of ether oxygens (including phenoxy) is 1. The van der Waals surface area contributed by atoms with Crippen molar-refractivity contribution in [2.45, 2.75) is 19.4 Å². The second-order valence-corrected chi connectivity index (χ2v) is 4.29. The Labute approximate surface area is 99.4 Å². The van der Waals surface area contributed by atoms with Crippen molar-refractivity contribution in [2.24, 2.45) is 5.92 Å². The van der Waals surface area contributed by atoms with Crippen LogP contribution in [0.15, 0.2) is 6.20 Å². The molecule has 1 aromatic rings. The van der Waals surface area contributed by atoms with Crippen molar-refractivity contribution in [1.29, 1.82) is 0 Å². The van der Waals surface area contributed by atoms with Crippen molar-refractivity contribution >= 4 is 23.1 Å². The maximum Gasteiger partial charge on any atom is 0.224 e. The van der Waals surface area contributed by atoms with Crippen LogP contribution in [0.3, 0.4) is 0 Å². The number of nitrogens with one attached hydrogen (secondary N) is 1. The van der Waals surface area contributed by atoms with Gasteiger partial charge in [-0.3, -0.25) is 0 Å². The van der Waals surface area contributed by atoms with Gasteiger partial charge in [-0.15, -0.1) is 0 Å². The molecule has 1 aliphatic heterocycles. The van der Waals surface area contributed by atoms with Gasteiger partial charge < -0.3 is 15.8 Å². The summed E-state index contributed by atoms with van der Waals surface area (Å²) in [5.41, 5.74) is 6.24. The maximum atomic E-state index is 5.73. The highest BCUT2D eigenvalue weighted by atomic mass is 35.5. The number of hydrogen-bond acceptors (Lipinski definition) is 5. The Morgan fingerprint density at radius 1 is 1.69 bits per heavy atom. The van der Waals surface area contributed by atoms with Crippen molar-refractivity contribution in [2.75, 3.05) is 24.2 Å². The lowest BCUT2D eigenvalue weighted by Gasteiger charge is -2.15. The number of halogens is 1. The highest BCUT2D eigenvalue weighted by Gasteiger charge is 2.24. The molecule has 2 unspecified atom stereocenters. The van der Waals surface area contributed by atoms with Gasteiger partial charge in [0.05, 0.1) is 18.0 Å². The minimum atomic E-state index is 0.201. The lowest BCUT2D eigenvalue weighted by Crippen LogP contribution is -2.21. The van der Waals surface area contributed by atoms with Crippen LogP contribution < -0.4 is 11.1 Å². The first-order valence-electron chi connectivity index (χ1n) is 5.30. The second-order valence-electron chi connectivity index (χ2n) is 3.95. The minimum absolute atomic E-state index is 0.201. The van der Waals surface area contributed by atoms with E-state index < -0.39 is 0 Å². The van der Waals surface area contributed by atoms with E-state index in [0.717, 1.165) is 19.6 Å². The Bertz CT molecular complexity index is 374. The fourth-order valence-corrected chi connectivity index (χ4v) is 1.92. The van der Waals surface area contributed by atoms with Gasteiger partial charge in [-0.2, -0.15) is 4.98 Å². The fourth-order valence-electron chi connectivity index (χ4n) is 1.78. The summed E-state index contributed by atoms with van der Waals surface area (Å²) in [6.45, 7) is 3.70. The third kappa shape index (κ3) is 2.54. The molecular weight excluding hydrogens is 228 g/mol. The Hall–Kier alpha value is -1.07. The van der Waals surface area contributed by atoms with E-state index in [4.69, 9.17) is 22.1 Å². The maximum absolute atomic E-state index is 5.73. The van der Waals surface area contributed by atoms with E-state index in [0.29, 0.717) is 17.4 Å². The molecule has 1 saturated heterocycles. The SMILES string of the molecule is CC1OCCC1CNc1nc(Cl)ncc1N. The number of nitrogen functional groups attached to an aromatic ring is 1. The van der Waals surface area contributed by atoms with Crippen molar-refractivity contribution in [1.82, 2.24) is 9.97 Å². The second kappa shape index (κ2) is 4.84. The van der Waals surface area contributed by atoms with E-state index in [-0.39, 0.29) is 11.4 Å². The zero-order chi connectivity index (χ0) is 11.5. The number of nitrogens with two attached hydrogens (primary N) is 1. The molecule has 5 nitrogen and oxygen atoms in total. The van der Waals surface area contributed by atoms with Crippen LogP contribution >= 0.6 is 11.6 Å². The quantitative estimate of drug-likeness (QED) is 0.787. The lowest BCUT2D eigenvalue weighted by atomic mass is 10.0. The molecule has 1 fully saturated rings. The largest absolute Gasteiger partial charge is 0.394 e. The third-order valence-electron chi connectivity index (χ3n) is 2.85. The predicted octanol–water partition coefficient (Wildman–Crippen LogP) is 1.55. The van der Waals surface area contributed by atoms with Crippen LogP contribution in [0.25, 0.3) is 0 Å². The average molecular weight is 243 g/mol. The Balaban J connectivity index is 1.96. The molecule has 0 spiro atoms. The van der Waals surface area contributed by atoms with Crippen molar-refractivity contribution < 1.29 is 4.74 Å². The first-order chi connectivity index (χ1) is 7.66. The van der Waals surface area contributed by atoms with Crippen LogP contribution in [0.4, 0.5) is 11.5 Å². The van der Waals surface area contributed by atoms with Gasteiger partial charge in [0.25, 0.3) is 0 Å². The number of nitrogens with zero attached hydrogens (tertiary/aromatic N) is 2. The molecule has 0 bridgehead atoms. The molecule has 0 aliphatic carbocycles. The van der Waals surface area contributed by atoms with Crippen molar-refractivity contribution in [3.8, 4) is 0 Å². The summed E-state index contributed by atoms with van der Waals surface area (Å²) in [7, 11) is 0. The molecule has 88 valence electrons. The number of rotatable bonds is 3. The third-order valence-corrected chi connectivity index (χ3v) is 3.03. The average Bonchev–Trinajstić information content (AvgIpc) is 2.66. The summed E-state index contributed by atoms with van der Waals surface area (Å²) >= 11 is 5.70. The Morgan fingerprint density at radius 3 is 3.19 bits per heavy atom. The molecule has 3 N–H and O–H groups in total. The smallest absolute Gasteiger partial charge is 0.224 e. The summed E-state index contributed by atoms with van der Waals surface area (Å²) in [5.74, 6) is 1.09. The van der Waals surface area contributed by atoms with Crippen LogP contribution in [0.5, 0.6) is 0 Å². The highest BCUT2D eigenvalue weighted by molar-refractivity contribution is 6.28. The van der Waals surface area contributed by atoms with E-state index in [1.165, 1.54) is 6.20 Å². The molecule has 2 heterocycles. The van der Waals surface area contributed by atoms with E-state index in [9.17, 15) is 0 Å². The first kappa shape index (κ1) is 11.4. The molecule has 0 radical (unpaired) electrons. The molecule has 1 aliphatic rings. The Kier molecular flexibility index (Phi) is 3.46. The molecule has 2 atom stereocenters. The number of anilines is 2. The first-order valence-corrected chi connectivity index (χ1v) is 5.68. The van der Waals surface area contributed by atoms with Crippen LogP contribution in [-0.2, 0) is 4.74 Å². The molecule has 2 rings (SSSR count). The zero-order valence-electron chi connectivity index (χ0n) is 9.11. The van der Waals surface area contributed by atoms with Crippen LogP contribution in [0, 0.1) is 5.92 Å². The lowest BCUT2D eigenvalue weighted by molar-refractivity contribution is 0.108. The van der Waals surface area contributed by atoms with Crippen molar-refractivity contribution in [3.63, 3.8) is 0 Å². The highest BCUT2D eigenvalue weighted by Crippen LogP contribution is 2.22. The van der Waals surface area contributed by atoms with Gasteiger partial charge >= 0.3 is 0 Å². The summed E-state index contributed by atoms with van der Waals surface area (Å²) < 4.78 is 5.48. The molecular formula is C10H15ClN4O. The van der Waals surface area contributed by atoms with Crippen LogP contribution in [-0.4, -0.2) is 29.2 Å². The predicted molar refractivity (Wildman–Crippen MR) is 63.5 cm³/mol. The summed E-state index contributed by atoms with van der Waals surface area (Å²) in [6.07, 6.45) is 2.85. The van der Waals surface area contributed by atoms with E-state index in [1.807, 2.05) is 0 Å². The van der Waals surface area contributed by atoms with Gasteiger partial charge in [0.2, 0.25) is 5.28 Å². The van der Waals surface area contributed by atoms with Gasteiger partial charge in [0, 0.05) is 19.1 Å². The zero-order valence-corrected chi connectivity index (χ0v) is 9.87. The van der Waals surface area contributed by atoms with Gasteiger partial charge in [-0.05, 0) is 24.9 Å². The van der Waals surface area contributed by atoms with E-state index in [1.54, 1.807) is 0 Å². The molecule has 0 aromatic carbocycles. The van der Waals surface area contributed by atoms with Gasteiger partial charge in [0.1, 0.15) is 0 Å². The summed E-state index contributed by atoms with van der Waals surface area (Å²) in [6, 6.07) is 0. The standard InChI is InChI=1S/C10H15ClN4O/c1-6-7(2-3-16-6)4-13-9-8(12)5-14-10(11)15-9/h5-7H,2-4,12H2,1H3,(H,13,14,15). The minimum Gasteiger partial charge on any atom is -0.394 e. The van der Waals surface area contributed by atoms with Gasteiger partial charge in [-0.25, -0.2) is 4.98 Å².